The van der Waals surface area contributed by atoms with Crippen molar-refractivity contribution in [3.05, 3.63) is 59.7 Å². The number of nitrogens with zero attached hydrogens (tertiary/aromatic N) is 2. The van der Waals surface area contributed by atoms with E-state index in [1.165, 1.54) is 0 Å². The Morgan fingerprint density at radius 3 is 2.42 bits per heavy atom. The van der Waals surface area contributed by atoms with Crippen LogP contribution in [0.25, 0.3) is 0 Å². The lowest BCUT2D eigenvalue weighted by molar-refractivity contribution is 0.0584. The molecule has 0 atom stereocenters. The minimum atomic E-state index is -0.526. The molecule has 26 heavy (non-hydrogen) atoms. The van der Waals surface area contributed by atoms with Crippen LogP contribution >= 0.6 is 0 Å². The Hall–Kier alpha value is -2.82. The highest BCUT2D eigenvalue weighted by Crippen LogP contribution is 2.32. The van der Waals surface area contributed by atoms with E-state index in [2.05, 4.69) is 0 Å². The van der Waals surface area contributed by atoms with E-state index in [9.17, 15) is 9.59 Å². The minimum Gasteiger partial charge on any atom is -0.443 e. The van der Waals surface area contributed by atoms with Gasteiger partial charge in [0, 0.05) is 24.8 Å². The van der Waals surface area contributed by atoms with Crippen LogP contribution in [0.1, 0.15) is 36.7 Å². The van der Waals surface area contributed by atoms with Crippen molar-refractivity contribution in [1.82, 2.24) is 0 Å². The van der Waals surface area contributed by atoms with Crippen molar-refractivity contribution in [2.75, 3.05) is 23.4 Å². The van der Waals surface area contributed by atoms with Crippen molar-refractivity contribution >= 4 is 23.4 Å². The number of anilines is 2. The third-order valence-corrected chi connectivity index (χ3v) is 4.29. The zero-order chi connectivity index (χ0) is 18.9. The van der Waals surface area contributed by atoms with Gasteiger partial charge in [-0.2, -0.15) is 0 Å². The number of carbonyl (C=O) groups is 2. The standard InChI is InChI=1S/C21H24N2O3/c1-21(2,3)26-20(25)23-13-12-16-14-17(10-11-18(16)23)22(4)19(24)15-8-6-5-7-9-15/h5-11,14H,12-13H2,1-4H3. The molecule has 0 saturated heterocycles. The van der Waals surface area contributed by atoms with Crippen LogP contribution in [0.15, 0.2) is 48.5 Å². The van der Waals surface area contributed by atoms with Crippen LogP contribution in [0.5, 0.6) is 0 Å². The molecule has 2 aromatic carbocycles. The Bertz CT molecular complexity index is 825. The summed E-state index contributed by atoms with van der Waals surface area (Å²) in [5.41, 5.74) is 2.82. The Kier molecular flexibility index (Phi) is 4.72. The van der Waals surface area contributed by atoms with Crippen molar-refractivity contribution in [2.45, 2.75) is 32.8 Å². The second-order valence-corrected chi connectivity index (χ2v) is 7.43. The van der Waals surface area contributed by atoms with E-state index in [0.29, 0.717) is 12.1 Å². The summed E-state index contributed by atoms with van der Waals surface area (Å²) >= 11 is 0. The summed E-state index contributed by atoms with van der Waals surface area (Å²) in [6.07, 6.45) is 0.410. The van der Waals surface area contributed by atoms with Gasteiger partial charge in [0.05, 0.1) is 5.69 Å². The van der Waals surface area contributed by atoms with E-state index in [-0.39, 0.29) is 12.0 Å². The monoisotopic (exact) mass is 352 g/mol. The molecule has 1 aliphatic rings. The minimum absolute atomic E-state index is 0.0625. The fourth-order valence-electron chi connectivity index (χ4n) is 3.00. The molecule has 0 N–H and O–H groups in total. The lowest BCUT2D eigenvalue weighted by Gasteiger charge is -2.25. The molecule has 3 rings (SSSR count). The molecular formula is C21H24N2O3. The van der Waals surface area contributed by atoms with Gasteiger partial charge in [-0.1, -0.05) is 18.2 Å². The largest absolute Gasteiger partial charge is 0.443 e. The molecule has 2 aromatic rings. The smallest absolute Gasteiger partial charge is 0.414 e. The van der Waals surface area contributed by atoms with Gasteiger partial charge in [-0.05, 0) is 63.1 Å². The number of hydrogen-bond donors (Lipinski definition) is 0. The second kappa shape index (κ2) is 6.83. The molecule has 5 heteroatoms. The molecule has 0 unspecified atom stereocenters. The van der Waals surface area contributed by atoms with E-state index in [1.807, 2.05) is 57.2 Å². The van der Waals surface area contributed by atoms with Crippen molar-refractivity contribution in [3.8, 4) is 0 Å². The van der Waals surface area contributed by atoms with Gasteiger partial charge in [-0.15, -0.1) is 0 Å². The van der Waals surface area contributed by atoms with E-state index < -0.39 is 5.60 Å². The molecule has 1 heterocycles. The SMILES string of the molecule is CN(C(=O)c1ccccc1)c1ccc2c(c1)CCN2C(=O)OC(C)(C)C. The van der Waals surface area contributed by atoms with E-state index in [4.69, 9.17) is 4.74 Å². The first kappa shape index (κ1) is 18.0. The summed E-state index contributed by atoms with van der Waals surface area (Å²) < 4.78 is 5.47. The van der Waals surface area contributed by atoms with Crippen LogP contribution < -0.4 is 9.80 Å². The quantitative estimate of drug-likeness (QED) is 0.811. The summed E-state index contributed by atoms with van der Waals surface area (Å²) in [5.74, 6) is -0.0625. The van der Waals surface area contributed by atoms with Crippen molar-refractivity contribution in [1.29, 1.82) is 0 Å². The number of ether oxygens (including phenoxy) is 1. The van der Waals surface area contributed by atoms with E-state index in [1.54, 1.807) is 29.0 Å². The maximum absolute atomic E-state index is 12.6. The molecule has 0 fully saturated rings. The third kappa shape index (κ3) is 3.72. The fraction of sp³-hybridized carbons (Fsp3) is 0.333. The summed E-state index contributed by atoms with van der Waals surface area (Å²) in [4.78, 5) is 28.3. The van der Waals surface area contributed by atoms with Crippen LogP contribution in [-0.2, 0) is 11.2 Å². The van der Waals surface area contributed by atoms with Gasteiger partial charge in [0.15, 0.2) is 0 Å². The van der Waals surface area contributed by atoms with Crippen molar-refractivity contribution in [2.24, 2.45) is 0 Å². The maximum atomic E-state index is 12.6. The van der Waals surface area contributed by atoms with Gasteiger partial charge in [0.25, 0.3) is 5.91 Å². The first-order valence-corrected chi connectivity index (χ1v) is 8.73. The fourth-order valence-corrected chi connectivity index (χ4v) is 3.00. The van der Waals surface area contributed by atoms with Gasteiger partial charge in [0.1, 0.15) is 5.60 Å². The number of hydrogen-bond acceptors (Lipinski definition) is 3. The Morgan fingerprint density at radius 2 is 1.77 bits per heavy atom. The average Bonchev–Trinajstić information content (AvgIpc) is 3.03. The van der Waals surface area contributed by atoms with Crippen LogP contribution in [0.3, 0.4) is 0 Å². The lowest BCUT2D eigenvalue weighted by Crippen LogP contribution is -2.35. The predicted molar refractivity (Wildman–Crippen MR) is 103 cm³/mol. The molecule has 5 nitrogen and oxygen atoms in total. The lowest BCUT2D eigenvalue weighted by atomic mass is 10.1. The summed E-state index contributed by atoms with van der Waals surface area (Å²) in [7, 11) is 1.76. The van der Waals surface area contributed by atoms with Gasteiger partial charge in [0.2, 0.25) is 0 Å². The normalized spacial score (nSPS) is 13.3. The number of carbonyl (C=O) groups excluding carboxylic acids is 2. The van der Waals surface area contributed by atoms with Crippen molar-refractivity contribution in [3.63, 3.8) is 0 Å². The topological polar surface area (TPSA) is 49.9 Å². The Balaban J connectivity index is 1.80. The van der Waals surface area contributed by atoms with Gasteiger partial charge < -0.3 is 9.64 Å². The summed E-state index contributed by atoms with van der Waals surface area (Å²) in [6.45, 7) is 6.16. The molecule has 136 valence electrons. The molecule has 0 saturated carbocycles. The van der Waals surface area contributed by atoms with E-state index in [0.717, 1.165) is 23.4 Å². The molecule has 0 radical (unpaired) electrons. The van der Waals surface area contributed by atoms with Crippen LogP contribution in [0, 0.1) is 0 Å². The predicted octanol–water partition coefficient (Wildman–Crippen LogP) is 4.26. The Labute approximate surface area is 154 Å². The Morgan fingerprint density at radius 1 is 1.08 bits per heavy atom. The molecule has 0 bridgehead atoms. The van der Waals surface area contributed by atoms with Gasteiger partial charge >= 0.3 is 6.09 Å². The third-order valence-electron chi connectivity index (χ3n) is 4.29. The van der Waals surface area contributed by atoms with Gasteiger partial charge in [-0.25, -0.2) is 4.79 Å². The maximum Gasteiger partial charge on any atom is 0.414 e. The number of rotatable bonds is 2. The van der Waals surface area contributed by atoms with Crippen LogP contribution in [0.4, 0.5) is 16.2 Å². The van der Waals surface area contributed by atoms with Crippen LogP contribution in [0.2, 0.25) is 0 Å². The summed E-state index contributed by atoms with van der Waals surface area (Å²) in [6, 6.07) is 14.9. The first-order valence-electron chi connectivity index (χ1n) is 8.73. The molecule has 0 aromatic heterocycles. The van der Waals surface area contributed by atoms with E-state index >= 15 is 0 Å². The first-order chi connectivity index (χ1) is 12.3. The van der Waals surface area contributed by atoms with Gasteiger partial charge in [-0.3, -0.25) is 9.69 Å². The van der Waals surface area contributed by atoms with Crippen molar-refractivity contribution < 1.29 is 14.3 Å². The molecule has 0 aliphatic carbocycles. The molecule has 0 spiro atoms. The highest BCUT2D eigenvalue weighted by Gasteiger charge is 2.29. The summed E-state index contributed by atoms with van der Waals surface area (Å²) in [5, 5.41) is 0. The molecule has 1 aliphatic heterocycles. The number of amides is 2. The highest BCUT2D eigenvalue weighted by molar-refractivity contribution is 6.06. The van der Waals surface area contributed by atoms with Crippen LogP contribution in [-0.4, -0.2) is 31.2 Å². The average molecular weight is 352 g/mol. The zero-order valence-electron chi connectivity index (χ0n) is 15.7. The highest BCUT2D eigenvalue weighted by atomic mass is 16.6. The zero-order valence-corrected chi connectivity index (χ0v) is 15.7. The number of benzene rings is 2. The molecular weight excluding hydrogens is 328 g/mol. The second-order valence-electron chi connectivity index (χ2n) is 7.43. The number of fused-ring (bicyclic) bond motifs is 1. The molecule has 2 amide bonds.